The molecule has 0 fully saturated rings. The summed E-state index contributed by atoms with van der Waals surface area (Å²) in [4.78, 5) is 35.2. The van der Waals surface area contributed by atoms with Crippen LogP contribution < -0.4 is 4.90 Å². The SMILES string of the molecule is COC(=O)CCN(CCC(=O)OC)c1ccc(/N=N/c2c(Cl)cc([N+](=O)[O-])cc2Br)cc1. The van der Waals surface area contributed by atoms with E-state index in [1.165, 1.54) is 26.4 Å². The summed E-state index contributed by atoms with van der Waals surface area (Å²) in [7, 11) is 2.63. The molecular weight excluding hydrogens is 508 g/mol. The summed E-state index contributed by atoms with van der Waals surface area (Å²) >= 11 is 9.30. The van der Waals surface area contributed by atoms with Crippen molar-refractivity contribution >= 4 is 62.2 Å². The Kier molecular flexibility index (Phi) is 9.54. The summed E-state index contributed by atoms with van der Waals surface area (Å²) < 4.78 is 9.70. The van der Waals surface area contributed by atoms with Crippen molar-refractivity contribution in [3.8, 4) is 0 Å². The van der Waals surface area contributed by atoms with Crippen LogP contribution in [0.4, 0.5) is 22.7 Å². The monoisotopic (exact) mass is 526 g/mol. The molecule has 0 spiro atoms. The lowest BCUT2D eigenvalue weighted by atomic mass is 10.2. The highest BCUT2D eigenvalue weighted by atomic mass is 79.9. The van der Waals surface area contributed by atoms with E-state index in [4.69, 9.17) is 11.6 Å². The quantitative estimate of drug-likeness (QED) is 0.176. The Morgan fingerprint density at radius 2 is 1.62 bits per heavy atom. The molecule has 0 heterocycles. The maximum atomic E-state index is 11.5. The van der Waals surface area contributed by atoms with E-state index in [1.807, 2.05) is 4.90 Å². The molecule has 0 atom stereocenters. The van der Waals surface area contributed by atoms with Gasteiger partial charge < -0.3 is 14.4 Å². The van der Waals surface area contributed by atoms with Gasteiger partial charge in [0.1, 0.15) is 5.69 Å². The molecule has 0 saturated heterocycles. The number of rotatable bonds is 10. The number of methoxy groups -OCH3 is 2. The first-order valence-corrected chi connectivity index (χ1v) is 10.5. The number of hydrogen-bond donors (Lipinski definition) is 0. The normalized spacial score (nSPS) is 10.8. The molecule has 0 amide bonds. The molecule has 0 unspecified atom stereocenters. The third-order valence-electron chi connectivity index (χ3n) is 4.32. The molecule has 0 aromatic heterocycles. The number of non-ortho nitro benzene ring substituents is 1. The average Bonchev–Trinajstić information content (AvgIpc) is 2.78. The first-order valence-electron chi connectivity index (χ1n) is 9.29. The van der Waals surface area contributed by atoms with Crippen LogP contribution in [0.3, 0.4) is 0 Å². The Morgan fingerprint density at radius 1 is 1.06 bits per heavy atom. The van der Waals surface area contributed by atoms with E-state index in [0.717, 1.165) is 5.69 Å². The van der Waals surface area contributed by atoms with Gasteiger partial charge in [0.05, 0.1) is 47.2 Å². The predicted molar refractivity (Wildman–Crippen MR) is 122 cm³/mol. The average molecular weight is 528 g/mol. The Morgan fingerprint density at radius 3 is 2.09 bits per heavy atom. The smallest absolute Gasteiger partial charge is 0.307 e. The van der Waals surface area contributed by atoms with Crippen LogP contribution in [0.25, 0.3) is 0 Å². The highest BCUT2D eigenvalue weighted by molar-refractivity contribution is 9.10. The van der Waals surface area contributed by atoms with Crippen molar-refractivity contribution in [2.24, 2.45) is 10.2 Å². The minimum Gasteiger partial charge on any atom is -0.469 e. The van der Waals surface area contributed by atoms with Crippen LogP contribution in [-0.2, 0) is 19.1 Å². The number of nitro benzene ring substituents is 1. The number of hydrogen-bond acceptors (Lipinski definition) is 9. The van der Waals surface area contributed by atoms with Gasteiger partial charge in [-0.15, -0.1) is 5.11 Å². The number of carbonyl (C=O) groups is 2. The maximum absolute atomic E-state index is 11.5. The summed E-state index contributed by atoms with van der Waals surface area (Å²) in [6.45, 7) is 0.714. The van der Waals surface area contributed by atoms with Crippen molar-refractivity contribution in [3.05, 3.63) is 56.0 Å². The van der Waals surface area contributed by atoms with E-state index in [1.54, 1.807) is 24.3 Å². The Balaban J connectivity index is 2.17. The Labute approximate surface area is 197 Å². The van der Waals surface area contributed by atoms with Gasteiger partial charge in [0.2, 0.25) is 0 Å². The number of nitrogens with zero attached hydrogens (tertiary/aromatic N) is 4. The van der Waals surface area contributed by atoms with Crippen LogP contribution in [0.1, 0.15) is 12.8 Å². The summed E-state index contributed by atoms with van der Waals surface area (Å²) in [5.41, 5.74) is 1.38. The summed E-state index contributed by atoms with van der Waals surface area (Å²) in [6, 6.07) is 9.45. The highest BCUT2D eigenvalue weighted by Gasteiger charge is 2.15. The summed E-state index contributed by atoms with van der Waals surface area (Å²) in [5, 5.41) is 19.2. The molecule has 0 aliphatic rings. The topological polar surface area (TPSA) is 124 Å². The van der Waals surface area contributed by atoms with E-state index in [0.29, 0.717) is 23.2 Å². The molecule has 0 aliphatic carbocycles. The minimum atomic E-state index is -0.553. The lowest BCUT2D eigenvalue weighted by molar-refractivity contribution is -0.384. The molecule has 12 heteroatoms. The molecule has 0 radical (unpaired) electrons. The first-order chi connectivity index (χ1) is 15.2. The van der Waals surface area contributed by atoms with E-state index >= 15 is 0 Å². The van der Waals surface area contributed by atoms with Gasteiger partial charge in [0.25, 0.3) is 5.69 Å². The van der Waals surface area contributed by atoms with Gasteiger partial charge in [0, 0.05) is 30.9 Å². The number of ether oxygens (including phenoxy) is 2. The van der Waals surface area contributed by atoms with Crippen molar-refractivity contribution in [1.29, 1.82) is 0 Å². The van der Waals surface area contributed by atoms with Crippen LogP contribution in [0, 0.1) is 10.1 Å². The number of anilines is 1. The maximum Gasteiger partial charge on any atom is 0.307 e. The van der Waals surface area contributed by atoms with Gasteiger partial charge in [-0.25, -0.2) is 0 Å². The molecule has 0 bridgehead atoms. The van der Waals surface area contributed by atoms with Crippen LogP contribution in [0.15, 0.2) is 51.1 Å². The van der Waals surface area contributed by atoms with Gasteiger partial charge in [-0.1, -0.05) is 11.6 Å². The van der Waals surface area contributed by atoms with Crippen LogP contribution >= 0.6 is 27.5 Å². The molecule has 0 saturated carbocycles. The number of nitro groups is 1. The molecule has 10 nitrogen and oxygen atoms in total. The predicted octanol–water partition coefficient (Wildman–Crippen LogP) is 5.36. The number of esters is 2. The van der Waals surface area contributed by atoms with Crippen molar-refractivity contribution in [2.45, 2.75) is 12.8 Å². The van der Waals surface area contributed by atoms with Gasteiger partial charge >= 0.3 is 11.9 Å². The van der Waals surface area contributed by atoms with E-state index < -0.39 is 4.92 Å². The van der Waals surface area contributed by atoms with Crippen molar-refractivity contribution in [3.63, 3.8) is 0 Å². The Hall–Kier alpha value is -3.05. The van der Waals surface area contributed by atoms with Gasteiger partial charge in [-0.05, 0) is 40.2 Å². The molecule has 2 aromatic carbocycles. The number of halogens is 2. The van der Waals surface area contributed by atoms with Gasteiger partial charge in [-0.2, -0.15) is 5.11 Å². The van der Waals surface area contributed by atoms with Crippen molar-refractivity contribution < 1.29 is 24.0 Å². The molecule has 2 aromatic rings. The lowest BCUT2D eigenvalue weighted by Crippen LogP contribution is -2.29. The van der Waals surface area contributed by atoms with Crippen molar-refractivity contribution in [2.75, 3.05) is 32.2 Å². The molecule has 2 rings (SSSR count). The fourth-order valence-electron chi connectivity index (χ4n) is 2.62. The fourth-order valence-corrected chi connectivity index (χ4v) is 3.51. The highest BCUT2D eigenvalue weighted by Crippen LogP contribution is 2.38. The molecule has 0 N–H and O–H groups in total. The second-order valence-corrected chi connectivity index (χ2v) is 7.63. The van der Waals surface area contributed by atoms with Crippen LogP contribution in [0.5, 0.6) is 0 Å². The van der Waals surface area contributed by atoms with E-state index in [2.05, 4.69) is 35.6 Å². The van der Waals surface area contributed by atoms with Gasteiger partial charge in [0.15, 0.2) is 0 Å². The first kappa shape index (κ1) is 25.2. The second kappa shape index (κ2) is 12.1. The standard InChI is InChI=1S/C20H20BrClN4O6/c1-31-18(27)7-9-25(10-8-19(28)32-2)14-5-3-13(4-6-14)23-24-20-16(21)11-15(26(29)30)12-17(20)22/h3-6,11-12H,7-10H2,1-2H3/b24-23+. The molecule has 0 aliphatic heterocycles. The summed E-state index contributed by atoms with van der Waals surface area (Å²) in [5.74, 6) is -0.715. The summed E-state index contributed by atoms with van der Waals surface area (Å²) in [6.07, 6.45) is 0.317. The third kappa shape index (κ3) is 7.27. The van der Waals surface area contributed by atoms with Crippen LogP contribution in [0.2, 0.25) is 5.02 Å². The fraction of sp³-hybridized carbons (Fsp3) is 0.300. The van der Waals surface area contributed by atoms with Crippen LogP contribution in [-0.4, -0.2) is 44.2 Å². The zero-order valence-corrected chi connectivity index (χ0v) is 19.6. The van der Waals surface area contributed by atoms with E-state index in [-0.39, 0.29) is 41.2 Å². The van der Waals surface area contributed by atoms with E-state index in [9.17, 15) is 19.7 Å². The lowest BCUT2D eigenvalue weighted by Gasteiger charge is -2.24. The molecule has 32 heavy (non-hydrogen) atoms. The largest absolute Gasteiger partial charge is 0.469 e. The van der Waals surface area contributed by atoms with Gasteiger partial charge in [-0.3, -0.25) is 19.7 Å². The molecule has 170 valence electrons. The minimum absolute atomic E-state index is 0.0863. The third-order valence-corrected chi connectivity index (χ3v) is 5.21. The zero-order valence-electron chi connectivity index (χ0n) is 17.3. The number of azo groups is 1. The second-order valence-electron chi connectivity index (χ2n) is 6.37. The molecular formula is C20H20BrClN4O6. The zero-order chi connectivity index (χ0) is 23.7. The Bertz CT molecular complexity index is 973. The number of carbonyl (C=O) groups excluding carboxylic acids is 2. The number of benzene rings is 2. The van der Waals surface area contributed by atoms with Crippen molar-refractivity contribution in [1.82, 2.24) is 0 Å².